The molecule has 2 heterocycles. The lowest BCUT2D eigenvalue weighted by atomic mass is 10.1. The summed E-state index contributed by atoms with van der Waals surface area (Å²) < 4.78 is 5.54. The van der Waals surface area contributed by atoms with E-state index in [-0.39, 0.29) is 12.2 Å². The zero-order valence-corrected chi connectivity index (χ0v) is 10.2. The summed E-state index contributed by atoms with van der Waals surface area (Å²) >= 11 is 3.63. The largest absolute Gasteiger partial charge is 0.390 e. The number of hydrogen-bond donors (Lipinski definition) is 1. The molecule has 1 aromatic rings. The van der Waals surface area contributed by atoms with Crippen molar-refractivity contribution in [3.8, 4) is 0 Å². The number of aliphatic hydroxyl groups excluding tert-OH is 1. The van der Waals surface area contributed by atoms with Crippen molar-refractivity contribution in [3.05, 3.63) is 22.4 Å². The molecule has 15 heavy (non-hydrogen) atoms. The minimum absolute atomic E-state index is 0.0451. The van der Waals surface area contributed by atoms with Crippen molar-refractivity contribution < 1.29 is 9.84 Å². The fourth-order valence-corrected chi connectivity index (χ4v) is 3.32. The van der Waals surface area contributed by atoms with Crippen LogP contribution in [0.1, 0.15) is 11.3 Å². The molecule has 2 rings (SSSR count). The van der Waals surface area contributed by atoms with Gasteiger partial charge in [0, 0.05) is 16.4 Å². The van der Waals surface area contributed by atoms with Crippen LogP contribution in [0.4, 0.5) is 0 Å². The molecule has 1 fully saturated rings. The Morgan fingerprint density at radius 1 is 1.60 bits per heavy atom. The number of ether oxygens (including phenoxy) is 1. The summed E-state index contributed by atoms with van der Waals surface area (Å²) in [6.45, 7) is 0.783. The van der Waals surface area contributed by atoms with Crippen molar-refractivity contribution in [2.24, 2.45) is 0 Å². The minimum Gasteiger partial charge on any atom is -0.390 e. The Kier molecular flexibility index (Phi) is 4.50. The summed E-state index contributed by atoms with van der Waals surface area (Å²) in [6.07, 6.45) is 1.51. The second-order valence-corrected chi connectivity index (χ2v) is 5.85. The van der Waals surface area contributed by atoms with Gasteiger partial charge in [0.1, 0.15) is 0 Å². The van der Waals surface area contributed by atoms with Crippen LogP contribution in [0.25, 0.3) is 0 Å². The van der Waals surface area contributed by atoms with Gasteiger partial charge in [-0.15, -0.1) is 11.3 Å². The van der Waals surface area contributed by atoms with Crippen molar-refractivity contribution in [3.63, 3.8) is 0 Å². The molecule has 1 N–H and O–H groups in total. The van der Waals surface area contributed by atoms with Crippen LogP contribution in [-0.2, 0) is 11.2 Å². The molecule has 0 radical (unpaired) electrons. The van der Waals surface area contributed by atoms with Crippen LogP contribution < -0.4 is 0 Å². The Morgan fingerprint density at radius 2 is 2.53 bits per heavy atom. The third-order valence-corrected chi connectivity index (χ3v) is 4.49. The second-order valence-electron chi connectivity index (χ2n) is 3.67. The van der Waals surface area contributed by atoms with Crippen LogP contribution in [-0.4, -0.2) is 35.4 Å². The summed E-state index contributed by atoms with van der Waals surface area (Å²) in [6, 6.07) is 4.17. The number of rotatable bonds is 4. The van der Waals surface area contributed by atoms with E-state index >= 15 is 0 Å². The lowest BCUT2D eigenvalue weighted by molar-refractivity contribution is -0.0243. The van der Waals surface area contributed by atoms with E-state index < -0.39 is 0 Å². The number of hydrogen-bond acceptors (Lipinski definition) is 4. The first-order valence-electron chi connectivity index (χ1n) is 5.26. The lowest BCUT2D eigenvalue weighted by Crippen LogP contribution is -2.35. The van der Waals surface area contributed by atoms with Gasteiger partial charge in [-0.3, -0.25) is 0 Å². The van der Waals surface area contributed by atoms with Crippen molar-refractivity contribution in [2.75, 3.05) is 18.1 Å². The van der Waals surface area contributed by atoms with Crippen molar-refractivity contribution in [2.45, 2.75) is 25.0 Å². The van der Waals surface area contributed by atoms with Gasteiger partial charge in [0.2, 0.25) is 0 Å². The second kappa shape index (κ2) is 5.89. The average molecular weight is 244 g/mol. The van der Waals surface area contributed by atoms with E-state index in [1.54, 1.807) is 11.3 Å². The van der Waals surface area contributed by atoms with E-state index in [1.165, 1.54) is 4.88 Å². The number of thioether (sulfide) groups is 1. The topological polar surface area (TPSA) is 29.5 Å². The summed E-state index contributed by atoms with van der Waals surface area (Å²) in [5.74, 6) is 2.00. The molecule has 84 valence electrons. The molecule has 0 bridgehead atoms. The summed E-state index contributed by atoms with van der Waals surface area (Å²) in [5.41, 5.74) is 0. The maximum Gasteiger partial charge on any atom is 0.0924 e. The predicted octanol–water partition coefficient (Wildman–Crippen LogP) is 2.17. The van der Waals surface area contributed by atoms with Crippen LogP contribution in [0.3, 0.4) is 0 Å². The average Bonchev–Trinajstić information content (AvgIpc) is 2.80. The van der Waals surface area contributed by atoms with E-state index in [2.05, 4.69) is 17.5 Å². The molecule has 1 aliphatic heterocycles. The normalized spacial score (nSPS) is 23.9. The van der Waals surface area contributed by atoms with Gasteiger partial charge in [0.25, 0.3) is 0 Å². The Hall–Kier alpha value is -0.0300. The Bertz CT molecular complexity index is 268. The quantitative estimate of drug-likeness (QED) is 0.880. The zero-order chi connectivity index (χ0) is 10.5. The third kappa shape index (κ3) is 3.48. The highest BCUT2D eigenvalue weighted by atomic mass is 32.2. The van der Waals surface area contributed by atoms with Crippen molar-refractivity contribution in [1.82, 2.24) is 0 Å². The molecule has 4 heteroatoms. The molecule has 1 aromatic heterocycles. The predicted molar refractivity (Wildman–Crippen MR) is 65.7 cm³/mol. The van der Waals surface area contributed by atoms with Crippen molar-refractivity contribution >= 4 is 23.1 Å². The lowest BCUT2D eigenvalue weighted by Gasteiger charge is -2.26. The third-order valence-electron chi connectivity index (χ3n) is 2.54. The molecule has 0 saturated carbocycles. The van der Waals surface area contributed by atoms with Crippen LogP contribution in [0.5, 0.6) is 0 Å². The van der Waals surface area contributed by atoms with E-state index in [4.69, 9.17) is 4.74 Å². The molecule has 0 amide bonds. The van der Waals surface area contributed by atoms with Crippen LogP contribution in [0.2, 0.25) is 0 Å². The number of aryl methyl sites for hydroxylation is 1. The highest BCUT2D eigenvalue weighted by Crippen LogP contribution is 2.19. The van der Waals surface area contributed by atoms with E-state index in [0.717, 1.165) is 31.0 Å². The Labute approximate surface area is 98.7 Å². The van der Waals surface area contributed by atoms with Gasteiger partial charge in [-0.2, -0.15) is 11.8 Å². The Balaban J connectivity index is 1.74. The molecule has 0 spiro atoms. The molecule has 1 saturated heterocycles. The monoisotopic (exact) mass is 244 g/mol. The molecule has 2 atom stereocenters. The van der Waals surface area contributed by atoms with Crippen LogP contribution >= 0.6 is 23.1 Å². The molecular weight excluding hydrogens is 228 g/mol. The maximum atomic E-state index is 9.94. The molecule has 0 aliphatic carbocycles. The van der Waals surface area contributed by atoms with Gasteiger partial charge in [-0.1, -0.05) is 6.07 Å². The van der Waals surface area contributed by atoms with E-state index in [0.29, 0.717) is 0 Å². The number of thiophene rings is 1. The first-order chi connectivity index (χ1) is 7.36. The van der Waals surface area contributed by atoms with Gasteiger partial charge in [0.15, 0.2) is 0 Å². The van der Waals surface area contributed by atoms with Gasteiger partial charge >= 0.3 is 0 Å². The first kappa shape index (κ1) is 11.5. The molecule has 2 nitrogen and oxygen atoms in total. The molecule has 2 unspecified atom stereocenters. The highest BCUT2D eigenvalue weighted by Gasteiger charge is 2.22. The standard InChI is InChI=1S/C11H16O2S2/c12-10(11-8-14-7-5-13-11)4-3-9-2-1-6-15-9/h1-2,6,10-12H,3-5,7-8H2. The van der Waals surface area contributed by atoms with Gasteiger partial charge in [0.05, 0.1) is 18.8 Å². The van der Waals surface area contributed by atoms with E-state index in [9.17, 15) is 5.11 Å². The zero-order valence-electron chi connectivity index (χ0n) is 8.59. The van der Waals surface area contributed by atoms with E-state index in [1.807, 2.05) is 11.8 Å². The van der Waals surface area contributed by atoms with Crippen molar-refractivity contribution in [1.29, 1.82) is 0 Å². The van der Waals surface area contributed by atoms with Crippen LogP contribution in [0.15, 0.2) is 17.5 Å². The smallest absolute Gasteiger partial charge is 0.0924 e. The van der Waals surface area contributed by atoms with Gasteiger partial charge < -0.3 is 9.84 Å². The summed E-state index contributed by atoms with van der Waals surface area (Å²) in [7, 11) is 0. The highest BCUT2D eigenvalue weighted by molar-refractivity contribution is 7.99. The Morgan fingerprint density at radius 3 is 3.20 bits per heavy atom. The summed E-state index contributed by atoms with van der Waals surface area (Å²) in [5, 5.41) is 12.0. The minimum atomic E-state index is -0.306. The van der Waals surface area contributed by atoms with Crippen LogP contribution in [0, 0.1) is 0 Å². The SMILES string of the molecule is OC(CCc1cccs1)C1CSCCO1. The maximum absolute atomic E-state index is 9.94. The summed E-state index contributed by atoms with van der Waals surface area (Å²) in [4.78, 5) is 1.34. The van der Waals surface area contributed by atoms with Gasteiger partial charge in [-0.25, -0.2) is 0 Å². The molecule has 1 aliphatic rings. The molecule has 0 aromatic carbocycles. The molecular formula is C11H16O2S2. The number of aliphatic hydroxyl groups is 1. The fourth-order valence-electron chi connectivity index (χ4n) is 1.66. The first-order valence-corrected chi connectivity index (χ1v) is 7.29. The fraction of sp³-hybridized carbons (Fsp3) is 0.636. The van der Waals surface area contributed by atoms with Gasteiger partial charge in [-0.05, 0) is 24.3 Å².